The van der Waals surface area contributed by atoms with Gasteiger partial charge in [-0.2, -0.15) is 0 Å². The molecule has 0 amide bonds. The van der Waals surface area contributed by atoms with Crippen molar-refractivity contribution < 1.29 is 19.1 Å². The van der Waals surface area contributed by atoms with Crippen molar-refractivity contribution in [3.8, 4) is 0 Å². The lowest BCUT2D eigenvalue weighted by Gasteiger charge is -2.19. The highest BCUT2D eigenvalue weighted by Crippen LogP contribution is 2.13. The fraction of sp³-hybridized carbons (Fsp3) is 0.333. The monoisotopic (exact) mass is 262 g/mol. The van der Waals surface area contributed by atoms with E-state index in [-0.39, 0.29) is 5.97 Å². The van der Waals surface area contributed by atoms with E-state index in [2.05, 4.69) is 4.74 Å². The van der Waals surface area contributed by atoms with E-state index in [0.29, 0.717) is 5.56 Å². The first kappa shape index (κ1) is 15.0. The van der Waals surface area contributed by atoms with Crippen LogP contribution in [0.3, 0.4) is 0 Å². The van der Waals surface area contributed by atoms with Gasteiger partial charge >= 0.3 is 11.9 Å². The van der Waals surface area contributed by atoms with Gasteiger partial charge in [0.25, 0.3) is 0 Å². The summed E-state index contributed by atoms with van der Waals surface area (Å²) in [6.45, 7) is 5.45. The molecule has 0 saturated carbocycles. The molecule has 0 unspecified atom stereocenters. The molecule has 0 atom stereocenters. The van der Waals surface area contributed by atoms with E-state index >= 15 is 0 Å². The van der Waals surface area contributed by atoms with Crippen molar-refractivity contribution in [1.29, 1.82) is 0 Å². The van der Waals surface area contributed by atoms with Gasteiger partial charge in [0.15, 0.2) is 0 Å². The number of carbonyl (C=O) groups excluding carboxylic acids is 2. The van der Waals surface area contributed by atoms with E-state index in [1.54, 1.807) is 30.3 Å². The summed E-state index contributed by atoms with van der Waals surface area (Å²) in [6, 6.07) is 6.79. The van der Waals surface area contributed by atoms with Crippen molar-refractivity contribution in [2.45, 2.75) is 26.4 Å². The molecule has 19 heavy (non-hydrogen) atoms. The third-order valence-electron chi connectivity index (χ3n) is 2.16. The highest BCUT2D eigenvalue weighted by Gasteiger charge is 2.17. The zero-order valence-electron chi connectivity index (χ0n) is 11.6. The third-order valence-corrected chi connectivity index (χ3v) is 2.16. The maximum Gasteiger partial charge on any atom is 0.338 e. The summed E-state index contributed by atoms with van der Waals surface area (Å²) in [6.07, 6.45) is 2.94. The molecule has 4 heteroatoms. The highest BCUT2D eigenvalue weighted by atomic mass is 16.6. The van der Waals surface area contributed by atoms with Crippen molar-refractivity contribution >= 4 is 18.0 Å². The third kappa shape index (κ3) is 5.38. The second-order valence-electron chi connectivity index (χ2n) is 4.98. The summed E-state index contributed by atoms with van der Waals surface area (Å²) >= 11 is 0. The van der Waals surface area contributed by atoms with Crippen LogP contribution in [0.1, 0.15) is 36.7 Å². The van der Waals surface area contributed by atoms with E-state index < -0.39 is 11.6 Å². The number of carbonyl (C=O) groups is 2. The number of rotatable bonds is 3. The maximum absolute atomic E-state index is 11.8. The van der Waals surface area contributed by atoms with Crippen molar-refractivity contribution in [3.05, 3.63) is 41.5 Å². The number of benzene rings is 1. The zero-order chi connectivity index (χ0) is 14.5. The summed E-state index contributed by atoms with van der Waals surface area (Å²) in [5.41, 5.74) is 0.767. The van der Waals surface area contributed by atoms with Crippen LogP contribution in [0.25, 0.3) is 6.08 Å². The highest BCUT2D eigenvalue weighted by molar-refractivity contribution is 5.90. The molecule has 0 aliphatic carbocycles. The van der Waals surface area contributed by atoms with E-state index in [0.717, 1.165) is 5.56 Å². The van der Waals surface area contributed by atoms with Crippen molar-refractivity contribution in [1.82, 2.24) is 0 Å². The Labute approximate surface area is 113 Å². The quantitative estimate of drug-likeness (QED) is 0.621. The smallest absolute Gasteiger partial charge is 0.338 e. The van der Waals surface area contributed by atoms with Gasteiger partial charge in [0.05, 0.1) is 12.7 Å². The first-order valence-electron chi connectivity index (χ1n) is 5.91. The normalized spacial score (nSPS) is 11.4. The summed E-state index contributed by atoms with van der Waals surface area (Å²) < 4.78 is 9.74. The molecule has 0 spiro atoms. The summed E-state index contributed by atoms with van der Waals surface area (Å²) in [7, 11) is 1.32. The molecule has 4 nitrogen and oxygen atoms in total. The molecular formula is C15H18O4. The standard InChI is InChI=1S/C15H18O4/c1-15(2,3)19-14(17)12-8-5-11(6-9-12)7-10-13(16)18-4/h5-10H,1-4H3. The predicted molar refractivity (Wildman–Crippen MR) is 72.7 cm³/mol. The number of hydrogen-bond acceptors (Lipinski definition) is 4. The van der Waals surface area contributed by atoms with Crippen molar-refractivity contribution in [2.24, 2.45) is 0 Å². The number of esters is 2. The average molecular weight is 262 g/mol. The molecule has 102 valence electrons. The molecule has 1 aromatic rings. The lowest BCUT2D eigenvalue weighted by molar-refractivity contribution is -0.134. The number of hydrogen-bond donors (Lipinski definition) is 0. The first-order valence-corrected chi connectivity index (χ1v) is 5.91. The van der Waals surface area contributed by atoms with Crippen molar-refractivity contribution in [2.75, 3.05) is 7.11 Å². The molecule has 0 fully saturated rings. The average Bonchev–Trinajstić information content (AvgIpc) is 2.34. The summed E-state index contributed by atoms with van der Waals surface area (Å²) in [5.74, 6) is -0.785. The fourth-order valence-electron chi connectivity index (χ4n) is 1.30. The Morgan fingerprint density at radius 2 is 1.68 bits per heavy atom. The molecule has 0 saturated heterocycles. The molecule has 0 radical (unpaired) electrons. The Morgan fingerprint density at radius 3 is 2.16 bits per heavy atom. The Hall–Kier alpha value is -2.10. The zero-order valence-corrected chi connectivity index (χ0v) is 11.6. The topological polar surface area (TPSA) is 52.6 Å². The van der Waals surface area contributed by atoms with Gasteiger partial charge in [-0.3, -0.25) is 0 Å². The van der Waals surface area contributed by atoms with Crippen LogP contribution in [0.5, 0.6) is 0 Å². The van der Waals surface area contributed by atoms with Gasteiger partial charge < -0.3 is 9.47 Å². The Kier molecular flexibility index (Phi) is 4.87. The van der Waals surface area contributed by atoms with Crippen LogP contribution in [-0.4, -0.2) is 24.6 Å². The van der Waals surface area contributed by atoms with Crippen LogP contribution >= 0.6 is 0 Å². The van der Waals surface area contributed by atoms with Crippen LogP contribution in [0.4, 0.5) is 0 Å². The predicted octanol–water partition coefficient (Wildman–Crippen LogP) is 2.83. The first-order chi connectivity index (χ1) is 8.81. The van der Waals surface area contributed by atoms with Crippen LogP contribution < -0.4 is 0 Å². The van der Waals surface area contributed by atoms with Gasteiger partial charge in [0.2, 0.25) is 0 Å². The number of methoxy groups -OCH3 is 1. The summed E-state index contributed by atoms with van der Waals surface area (Å²) in [5, 5.41) is 0. The van der Waals surface area contributed by atoms with Gasteiger partial charge in [-0.15, -0.1) is 0 Å². The van der Waals surface area contributed by atoms with Crippen molar-refractivity contribution in [3.63, 3.8) is 0 Å². The second-order valence-corrected chi connectivity index (χ2v) is 4.98. The lowest BCUT2D eigenvalue weighted by atomic mass is 10.1. The molecule has 0 bridgehead atoms. The van der Waals surface area contributed by atoms with Crippen LogP contribution in [0.2, 0.25) is 0 Å². The van der Waals surface area contributed by atoms with E-state index in [4.69, 9.17) is 4.74 Å². The van der Waals surface area contributed by atoms with Crippen LogP contribution in [-0.2, 0) is 14.3 Å². The maximum atomic E-state index is 11.8. The minimum Gasteiger partial charge on any atom is -0.466 e. The van der Waals surface area contributed by atoms with Crippen LogP contribution in [0.15, 0.2) is 30.3 Å². The largest absolute Gasteiger partial charge is 0.466 e. The van der Waals surface area contributed by atoms with Gasteiger partial charge in [0, 0.05) is 6.08 Å². The summed E-state index contributed by atoms with van der Waals surface area (Å²) in [4.78, 5) is 22.7. The van der Waals surface area contributed by atoms with E-state index in [1.165, 1.54) is 13.2 Å². The molecule has 0 aromatic heterocycles. The van der Waals surface area contributed by atoms with E-state index in [9.17, 15) is 9.59 Å². The van der Waals surface area contributed by atoms with Gasteiger partial charge in [-0.25, -0.2) is 9.59 Å². The van der Waals surface area contributed by atoms with Gasteiger partial charge in [-0.1, -0.05) is 12.1 Å². The minimum absolute atomic E-state index is 0.365. The molecule has 1 aromatic carbocycles. The Morgan fingerprint density at radius 1 is 1.11 bits per heavy atom. The van der Waals surface area contributed by atoms with E-state index in [1.807, 2.05) is 20.8 Å². The Balaban J connectivity index is 2.74. The lowest BCUT2D eigenvalue weighted by Crippen LogP contribution is -2.23. The fourth-order valence-corrected chi connectivity index (χ4v) is 1.30. The minimum atomic E-state index is -0.513. The number of ether oxygens (including phenoxy) is 2. The molecule has 0 N–H and O–H groups in total. The second kappa shape index (κ2) is 6.18. The van der Waals surface area contributed by atoms with Gasteiger partial charge in [-0.05, 0) is 44.5 Å². The Bertz CT molecular complexity index is 478. The SMILES string of the molecule is COC(=O)C=Cc1ccc(C(=O)OC(C)(C)C)cc1. The van der Waals surface area contributed by atoms with Gasteiger partial charge in [0.1, 0.15) is 5.60 Å². The molecule has 1 rings (SSSR count). The molecule has 0 aliphatic heterocycles. The molecule has 0 aliphatic rings. The molecular weight excluding hydrogens is 244 g/mol. The molecule has 0 heterocycles. The van der Waals surface area contributed by atoms with Crippen LogP contribution in [0, 0.1) is 0 Å².